The largest absolute Gasteiger partial charge is 0.497 e. The molecule has 1 N–H and O–H groups in total. The number of nitrogens with one attached hydrogen (secondary N) is 1. The predicted octanol–water partition coefficient (Wildman–Crippen LogP) is 4.31. The first-order chi connectivity index (χ1) is 15.0. The van der Waals surface area contributed by atoms with Crippen LogP contribution in [0, 0.1) is 0 Å². The third kappa shape index (κ3) is 3.95. The Morgan fingerprint density at radius 2 is 1.68 bits per heavy atom. The Hall–Kier alpha value is -3.84. The molecule has 3 aromatic carbocycles. The van der Waals surface area contributed by atoms with E-state index in [1.807, 2.05) is 0 Å². The number of fused-ring (bicyclic) bond motifs is 1. The lowest BCUT2D eigenvalue weighted by atomic mass is 10.1. The molecule has 0 bridgehead atoms. The number of carbonyl (C=O) groups excluding carboxylic acids is 1. The summed E-state index contributed by atoms with van der Waals surface area (Å²) in [4.78, 5) is 26.1. The van der Waals surface area contributed by atoms with Crippen molar-refractivity contribution in [1.82, 2.24) is 9.78 Å². The molecule has 0 atom stereocenters. The molecule has 0 unspecified atom stereocenters. The van der Waals surface area contributed by atoms with Crippen LogP contribution < -0.4 is 20.3 Å². The molecule has 0 saturated carbocycles. The van der Waals surface area contributed by atoms with Crippen molar-refractivity contribution in [1.29, 1.82) is 0 Å². The van der Waals surface area contributed by atoms with E-state index in [0.29, 0.717) is 38.7 Å². The number of amides is 1. The Balaban J connectivity index is 1.81. The maximum atomic E-state index is 13.1. The third-order valence-corrected chi connectivity index (χ3v) is 5.04. The molecule has 31 heavy (non-hydrogen) atoms. The number of carbonyl (C=O) groups is 1. The third-order valence-electron chi connectivity index (χ3n) is 4.75. The van der Waals surface area contributed by atoms with Crippen molar-refractivity contribution < 1.29 is 14.3 Å². The Labute approximate surface area is 182 Å². The number of methoxy groups -OCH3 is 2. The van der Waals surface area contributed by atoms with Crippen LogP contribution in [-0.4, -0.2) is 29.9 Å². The Morgan fingerprint density at radius 3 is 2.32 bits per heavy atom. The van der Waals surface area contributed by atoms with Crippen LogP contribution in [0.5, 0.6) is 11.5 Å². The smallest absolute Gasteiger partial charge is 0.279 e. The fourth-order valence-electron chi connectivity index (χ4n) is 3.19. The minimum absolute atomic E-state index is 0.109. The van der Waals surface area contributed by atoms with Gasteiger partial charge in [-0.1, -0.05) is 29.8 Å². The number of rotatable bonds is 5. The average Bonchev–Trinajstić information content (AvgIpc) is 2.80. The van der Waals surface area contributed by atoms with Crippen molar-refractivity contribution in [2.45, 2.75) is 0 Å². The standard InChI is InChI=1S/C23H18ClN3O4/c1-30-16-10-8-15(9-11-16)27-23(29)18-6-4-3-5-17(18)21(26-27)22(28)25-14-7-12-20(31-2)19(24)13-14/h3-13H,1-2H3,(H,25,28). The number of benzene rings is 3. The monoisotopic (exact) mass is 435 g/mol. The van der Waals surface area contributed by atoms with Gasteiger partial charge >= 0.3 is 0 Å². The summed E-state index contributed by atoms with van der Waals surface area (Å²) in [6, 6.07) is 18.6. The van der Waals surface area contributed by atoms with E-state index >= 15 is 0 Å². The first kappa shape index (κ1) is 20.4. The average molecular weight is 436 g/mol. The number of hydrogen-bond acceptors (Lipinski definition) is 5. The molecule has 0 aliphatic carbocycles. The number of hydrogen-bond donors (Lipinski definition) is 1. The van der Waals surface area contributed by atoms with Crippen LogP contribution in [0.3, 0.4) is 0 Å². The maximum absolute atomic E-state index is 13.1. The Morgan fingerprint density at radius 1 is 0.968 bits per heavy atom. The summed E-state index contributed by atoms with van der Waals surface area (Å²) in [7, 11) is 3.07. The molecule has 4 rings (SSSR count). The molecular weight excluding hydrogens is 418 g/mol. The quantitative estimate of drug-likeness (QED) is 0.505. The van der Waals surface area contributed by atoms with Gasteiger partial charge in [-0.3, -0.25) is 9.59 Å². The zero-order valence-electron chi connectivity index (χ0n) is 16.8. The first-order valence-corrected chi connectivity index (χ1v) is 9.71. The van der Waals surface area contributed by atoms with Crippen molar-refractivity contribution >= 4 is 34.0 Å². The molecule has 156 valence electrons. The summed E-state index contributed by atoms with van der Waals surface area (Å²) in [5.41, 5.74) is 0.768. The topological polar surface area (TPSA) is 82.5 Å². The van der Waals surface area contributed by atoms with Gasteiger partial charge in [0.15, 0.2) is 5.69 Å². The zero-order chi connectivity index (χ0) is 22.0. The summed E-state index contributed by atoms with van der Waals surface area (Å²) in [5, 5.41) is 8.35. The molecule has 1 amide bonds. The molecule has 0 aliphatic heterocycles. The molecule has 8 heteroatoms. The van der Waals surface area contributed by atoms with Gasteiger partial charge in [0.05, 0.1) is 30.3 Å². The lowest BCUT2D eigenvalue weighted by Crippen LogP contribution is -2.26. The van der Waals surface area contributed by atoms with E-state index in [1.165, 1.54) is 11.8 Å². The molecule has 0 saturated heterocycles. The number of halogens is 1. The van der Waals surface area contributed by atoms with Crippen molar-refractivity contribution in [3.8, 4) is 17.2 Å². The predicted molar refractivity (Wildman–Crippen MR) is 120 cm³/mol. The SMILES string of the molecule is COc1ccc(-n2nc(C(=O)Nc3ccc(OC)c(Cl)c3)c3ccccc3c2=O)cc1. The Bertz CT molecular complexity index is 1330. The van der Waals surface area contributed by atoms with Crippen molar-refractivity contribution in [3.63, 3.8) is 0 Å². The lowest BCUT2D eigenvalue weighted by molar-refractivity contribution is 0.102. The lowest BCUT2D eigenvalue weighted by Gasteiger charge is -2.12. The van der Waals surface area contributed by atoms with Crippen molar-refractivity contribution in [2.24, 2.45) is 0 Å². The molecule has 0 aliphatic rings. The van der Waals surface area contributed by atoms with Gasteiger partial charge in [0, 0.05) is 11.1 Å². The van der Waals surface area contributed by atoms with E-state index in [1.54, 1.807) is 73.8 Å². The summed E-state index contributed by atoms with van der Waals surface area (Å²) >= 11 is 6.16. The summed E-state index contributed by atoms with van der Waals surface area (Å²) in [6.45, 7) is 0. The van der Waals surface area contributed by atoms with Crippen molar-refractivity contribution in [2.75, 3.05) is 19.5 Å². The number of nitrogens with zero attached hydrogens (tertiary/aromatic N) is 2. The van der Waals surface area contributed by atoms with Crippen LogP contribution in [0.2, 0.25) is 5.02 Å². The molecular formula is C23H18ClN3O4. The summed E-state index contributed by atoms with van der Waals surface area (Å²) in [5.74, 6) is 0.669. The maximum Gasteiger partial charge on any atom is 0.279 e. The van der Waals surface area contributed by atoms with Crippen LogP contribution in [0.25, 0.3) is 16.5 Å². The molecule has 1 heterocycles. The van der Waals surface area contributed by atoms with Gasteiger partial charge in [-0.15, -0.1) is 0 Å². The van der Waals surface area contributed by atoms with Crippen LogP contribution in [0.1, 0.15) is 10.5 Å². The highest BCUT2D eigenvalue weighted by molar-refractivity contribution is 6.32. The molecule has 4 aromatic rings. The van der Waals surface area contributed by atoms with E-state index in [-0.39, 0.29) is 11.3 Å². The van der Waals surface area contributed by atoms with E-state index in [4.69, 9.17) is 21.1 Å². The zero-order valence-corrected chi connectivity index (χ0v) is 17.5. The molecule has 0 fully saturated rings. The summed E-state index contributed by atoms with van der Waals surface area (Å²) in [6.07, 6.45) is 0. The van der Waals surface area contributed by atoms with Crippen LogP contribution in [0.4, 0.5) is 5.69 Å². The number of aromatic nitrogens is 2. The van der Waals surface area contributed by atoms with E-state index in [9.17, 15) is 9.59 Å². The van der Waals surface area contributed by atoms with Crippen molar-refractivity contribution in [3.05, 3.63) is 87.8 Å². The van der Waals surface area contributed by atoms with Gasteiger partial charge in [0.2, 0.25) is 0 Å². The number of ether oxygens (including phenoxy) is 2. The van der Waals surface area contributed by atoms with Gasteiger partial charge in [-0.05, 0) is 48.5 Å². The van der Waals surface area contributed by atoms with Crippen LogP contribution in [0.15, 0.2) is 71.5 Å². The molecule has 0 radical (unpaired) electrons. The second-order valence-corrected chi connectivity index (χ2v) is 7.02. The van der Waals surface area contributed by atoms with Gasteiger partial charge in [-0.2, -0.15) is 9.78 Å². The Kier molecular flexibility index (Phi) is 5.60. The van der Waals surface area contributed by atoms with Gasteiger partial charge in [0.1, 0.15) is 11.5 Å². The van der Waals surface area contributed by atoms with Crippen LogP contribution in [-0.2, 0) is 0 Å². The van der Waals surface area contributed by atoms with Gasteiger partial charge < -0.3 is 14.8 Å². The highest BCUT2D eigenvalue weighted by atomic mass is 35.5. The molecule has 1 aromatic heterocycles. The second-order valence-electron chi connectivity index (χ2n) is 6.61. The van der Waals surface area contributed by atoms with E-state index in [2.05, 4.69) is 10.4 Å². The second kappa shape index (κ2) is 8.49. The van der Waals surface area contributed by atoms with Gasteiger partial charge in [-0.25, -0.2) is 0 Å². The normalized spacial score (nSPS) is 10.7. The minimum Gasteiger partial charge on any atom is -0.497 e. The molecule has 7 nitrogen and oxygen atoms in total. The fourth-order valence-corrected chi connectivity index (χ4v) is 3.45. The minimum atomic E-state index is -0.473. The number of anilines is 1. The van der Waals surface area contributed by atoms with E-state index < -0.39 is 5.91 Å². The van der Waals surface area contributed by atoms with Crippen LogP contribution >= 0.6 is 11.6 Å². The summed E-state index contributed by atoms with van der Waals surface area (Å²) < 4.78 is 11.5. The van der Waals surface area contributed by atoms with Gasteiger partial charge in [0.25, 0.3) is 11.5 Å². The highest BCUT2D eigenvalue weighted by Gasteiger charge is 2.18. The molecule has 0 spiro atoms. The van der Waals surface area contributed by atoms with E-state index in [0.717, 1.165) is 0 Å². The highest BCUT2D eigenvalue weighted by Crippen LogP contribution is 2.27. The fraction of sp³-hybridized carbons (Fsp3) is 0.0870. The first-order valence-electron chi connectivity index (χ1n) is 9.33.